The second-order valence-electron chi connectivity index (χ2n) is 7.19. The summed E-state index contributed by atoms with van der Waals surface area (Å²) < 4.78 is 5.40. The lowest BCUT2D eigenvalue weighted by Crippen LogP contribution is -2.43. The van der Waals surface area contributed by atoms with Gasteiger partial charge in [0.25, 0.3) is 0 Å². The fourth-order valence-electron chi connectivity index (χ4n) is 3.70. The summed E-state index contributed by atoms with van der Waals surface area (Å²) in [4.78, 5) is 9.38. The van der Waals surface area contributed by atoms with Crippen LogP contribution in [0.5, 0.6) is 0 Å². The second-order valence-corrected chi connectivity index (χ2v) is 7.19. The van der Waals surface area contributed by atoms with Gasteiger partial charge >= 0.3 is 0 Å². The van der Waals surface area contributed by atoms with E-state index in [0.717, 1.165) is 71.4 Å². The van der Waals surface area contributed by atoms with Crippen molar-refractivity contribution in [1.29, 1.82) is 0 Å². The molecule has 6 heteroatoms. The molecule has 1 aliphatic rings. The Balaban J connectivity index is 1.74. The maximum absolute atomic E-state index is 5.40. The van der Waals surface area contributed by atoms with E-state index in [9.17, 15) is 0 Å². The zero-order valence-corrected chi connectivity index (χ0v) is 18.0. The van der Waals surface area contributed by atoms with E-state index in [2.05, 4.69) is 69.6 Å². The third-order valence-electron chi connectivity index (χ3n) is 5.42. The minimum Gasteiger partial charge on any atom is -0.379 e. The lowest BCUT2D eigenvalue weighted by molar-refractivity contribution is 0.0372. The van der Waals surface area contributed by atoms with Gasteiger partial charge in [0.05, 0.1) is 19.3 Å². The Morgan fingerprint density at radius 2 is 1.82 bits per heavy atom. The molecule has 0 radical (unpaired) electrons. The van der Waals surface area contributed by atoms with Crippen molar-refractivity contribution < 1.29 is 4.74 Å². The van der Waals surface area contributed by atoms with E-state index >= 15 is 0 Å². The van der Waals surface area contributed by atoms with Gasteiger partial charge in [-0.1, -0.05) is 44.2 Å². The highest BCUT2D eigenvalue weighted by molar-refractivity contribution is 5.79. The first-order valence-electron chi connectivity index (χ1n) is 10.8. The van der Waals surface area contributed by atoms with Crippen molar-refractivity contribution in [3.8, 4) is 0 Å². The van der Waals surface area contributed by atoms with Crippen LogP contribution in [0.15, 0.2) is 35.3 Å². The summed E-state index contributed by atoms with van der Waals surface area (Å²) in [5, 5.41) is 6.99. The van der Waals surface area contributed by atoms with E-state index < -0.39 is 0 Å². The van der Waals surface area contributed by atoms with Gasteiger partial charge in [0, 0.05) is 33.2 Å². The molecule has 1 aliphatic heterocycles. The predicted octanol–water partition coefficient (Wildman–Crippen LogP) is 2.35. The first kappa shape index (κ1) is 22.7. The maximum Gasteiger partial charge on any atom is 0.191 e. The van der Waals surface area contributed by atoms with Gasteiger partial charge in [-0.05, 0) is 38.0 Å². The fraction of sp³-hybridized carbons (Fsp3) is 0.682. The summed E-state index contributed by atoms with van der Waals surface area (Å²) in [6.07, 6.45) is 2.35. The fourth-order valence-corrected chi connectivity index (χ4v) is 3.70. The molecular formula is C22H39N5O. The second kappa shape index (κ2) is 13.5. The van der Waals surface area contributed by atoms with Gasteiger partial charge in [0.1, 0.15) is 0 Å². The van der Waals surface area contributed by atoms with Crippen molar-refractivity contribution in [2.75, 3.05) is 66.1 Å². The third kappa shape index (κ3) is 7.78. The Morgan fingerprint density at radius 3 is 2.46 bits per heavy atom. The molecule has 1 aromatic carbocycles. The van der Waals surface area contributed by atoms with E-state index in [1.165, 1.54) is 12.0 Å². The monoisotopic (exact) mass is 389 g/mol. The Kier molecular flexibility index (Phi) is 10.9. The Hall–Kier alpha value is -1.63. The lowest BCUT2D eigenvalue weighted by atomic mass is 10.1. The van der Waals surface area contributed by atoms with Crippen molar-refractivity contribution in [3.05, 3.63) is 35.9 Å². The number of benzene rings is 1. The first-order chi connectivity index (χ1) is 13.8. The Bertz CT molecular complexity index is 541. The van der Waals surface area contributed by atoms with Gasteiger partial charge in [-0.15, -0.1) is 0 Å². The van der Waals surface area contributed by atoms with Crippen LogP contribution in [0.4, 0.5) is 0 Å². The average molecular weight is 390 g/mol. The summed E-state index contributed by atoms with van der Waals surface area (Å²) in [5.74, 6) is 0.888. The van der Waals surface area contributed by atoms with Crippen molar-refractivity contribution in [2.45, 2.75) is 32.7 Å². The number of aliphatic imine (C=N–C) groups is 1. The van der Waals surface area contributed by atoms with E-state index in [1.54, 1.807) is 0 Å². The zero-order chi connectivity index (χ0) is 20.0. The largest absolute Gasteiger partial charge is 0.379 e. The van der Waals surface area contributed by atoms with Crippen LogP contribution in [-0.2, 0) is 4.74 Å². The van der Waals surface area contributed by atoms with Gasteiger partial charge < -0.3 is 15.4 Å². The molecule has 2 N–H and O–H groups in total. The number of nitrogens with zero attached hydrogens (tertiary/aromatic N) is 3. The van der Waals surface area contributed by atoms with Gasteiger partial charge in [-0.25, -0.2) is 0 Å². The Labute approximate surface area is 171 Å². The Morgan fingerprint density at radius 1 is 1.11 bits per heavy atom. The van der Waals surface area contributed by atoms with E-state index in [1.807, 2.05) is 7.05 Å². The summed E-state index contributed by atoms with van der Waals surface area (Å²) in [6.45, 7) is 13.4. The topological polar surface area (TPSA) is 52.1 Å². The molecule has 1 heterocycles. The summed E-state index contributed by atoms with van der Waals surface area (Å²) in [5.41, 5.74) is 1.35. The van der Waals surface area contributed by atoms with E-state index in [-0.39, 0.29) is 0 Å². The molecule has 0 aliphatic carbocycles. The van der Waals surface area contributed by atoms with Crippen molar-refractivity contribution in [3.63, 3.8) is 0 Å². The molecule has 0 saturated carbocycles. The van der Waals surface area contributed by atoms with Crippen molar-refractivity contribution in [1.82, 2.24) is 20.4 Å². The molecule has 1 fully saturated rings. The molecule has 0 aromatic heterocycles. The van der Waals surface area contributed by atoms with Crippen molar-refractivity contribution >= 4 is 5.96 Å². The van der Waals surface area contributed by atoms with Gasteiger partial charge in [0.2, 0.25) is 0 Å². The average Bonchev–Trinajstić information content (AvgIpc) is 2.76. The number of likely N-dealkylation sites (N-methyl/N-ethyl adjacent to an activating group) is 1. The summed E-state index contributed by atoms with van der Waals surface area (Å²) >= 11 is 0. The molecule has 0 bridgehead atoms. The number of hydrogen-bond acceptors (Lipinski definition) is 4. The number of unbranched alkanes of at least 4 members (excludes halogenated alkanes) is 1. The number of ether oxygens (including phenoxy) is 1. The SMILES string of the molecule is CCN(CC)C(CNC(=NC)NCCCCN1CCOCC1)c1ccccc1. The zero-order valence-electron chi connectivity index (χ0n) is 18.0. The van der Waals surface area contributed by atoms with Crippen LogP contribution in [0.3, 0.4) is 0 Å². The molecule has 0 spiro atoms. The normalized spacial score (nSPS) is 16.9. The molecule has 2 rings (SSSR count). The summed E-state index contributed by atoms with van der Waals surface area (Å²) in [6, 6.07) is 11.1. The molecule has 1 saturated heterocycles. The third-order valence-corrected chi connectivity index (χ3v) is 5.42. The molecule has 1 atom stereocenters. The molecule has 158 valence electrons. The van der Waals surface area contributed by atoms with Gasteiger partial charge in [-0.2, -0.15) is 0 Å². The summed E-state index contributed by atoms with van der Waals surface area (Å²) in [7, 11) is 1.85. The molecule has 28 heavy (non-hydrogen) atoms. The molecule has 1 unspecified atom stereocenters. The maximum atomic E-state index is 5.40. The first-order valence-corrected chi connectivity index (χ1v) is 10.8. The molecule has 0 amide bonds. The van der Waals surface area contributed by atoms with Crippen LogP contribution in [0.25, 0.3) is 0 Å². The van der Waals surface area contributed by atoms with Crippen LogP contribution in [0, 0.1) is 0 Å². The molecule has 1 aromatic rings. The van der Waals surface area contributed by atoms with E-state index in [0.29, 0.717) is 6.04 Å². The van der Waals surface area contributed by atoms with E-state index in [4.69, 9.17) is 4.74 Å². The number of hydrogen-bond donors (Lipinski definition) is 2. The van der Waals surface area contributed by atoms with Crippen LogP contribution in [-0.4, -0.2) is 81.8 Å². The number of morpholine rings is 1. The van der Waals surface area contributed by atoms with Gasteiger partial charge in [-0.3, -0.25) is 14.8 Å². The standard InChI is InChI=1S/C22H39N5O/c1-4-27(5-2)21(20-11-7-6-8-12-20)19-25-22(23-3)24-13-9-10-14-26-15-17-28-18-16-26/h6-8,11-12,21H,4-5,9-10,13-19H2,1-3H3,(H2,23,24,25). The quantitative estimate of drug-likeness (QED) is 0.346. The highest BCUT2D eigenvalue weighted by Crippen LogP contribution is 2.19. The van der Waals surface area contributed by atoms with Crippen LogP contribution < -0.4 is 10.6 Å². The number of guanidine groups is 1. The smallest absolute Gasteiger partial charge is 0.191 e. The minimum absolute atomic E-state index is 0.344. The predicted molar refractivity (Wildman–Crippen MR) is 118 cm³/mol. The lowest BCUT2D eigenvalue weighted by Gasteiger charge is -2.31. The van der Waals surface area contributed by atoms with Crippen LogP contribution in [0.2, 0.25) is 0 Å². The number of rotatable bonds is 11. The molecular weight excluding hydrogens is 350 g/mol. The van der Waals surface area contributed by atoms with Gasteiger partial charge in [0.15, 0.2) is 5.96 Å². The minimum atomic E-state index is 0.344. The highest BCUT2D eigenvalue weighted by Gasteiger charge is 2.18. The highest BCUT2D eigenvalue weighted by atomic mass is 16.5. The number of nitrogens with one attached hydrogen (secondary N) is 2. The van der Waals surface area contributed by atoms with Crippen LogP contribution >= 0.6 is 0 Å². The van der Waals surface area contributed by atoms with Crippen LogP contribution in [0.1, 0.15) is 38.3 Å². The molecule has 6 nitrogen and oxygen atoms in total. The van der Waals surface area contributed by atoms with Crippen molar-refractivity contribution in [2.24, 2.45) is 4.99 Å².